The molecule has 0 fully saturated rings. The van der Waals surface area contributed by atoms with Crippen LogP contribution in [-0.4, -0.2) is 12.3 Å². The molecule has 2 aromatic carbocycles. The van der Waals surface area contributed by atoms with Gasteiger partial charge in [0.1, 0.15) is 18.6 Å². The van der Waals surface area contributed by atoms with Crippen molar-refractivity contribution < 1.29 is 4.74 Å². The fraction of sp³-hybridized carbons (Fsp3) is 0.0625. The van der Waals surface area contributed by atoms with E-state index in [0.29, 0.717) is 6.61 Å². The van der Waals surface area contributed by atoms with Crippen molar-refractivity contribution in [3.8, 4) is 0 Å². The lowest BCUT2D eigenvalue weighted by molar-refractivity contribution is 0.300. The third-order valence-corrected chi connectivity index (χ3v) is 2.85. The van der Waals surface area contributed by atoms with Gasteiger partial charge >= 0.3 is 0 Å². The summed E-state index contributed by atoms with van der Waals surface area (Å²) in [5, 5.41) is 0. The smallest absolute Gasteiger partial charge is 0.130 e. The Labute approximate surface area is 106 Å². The van der Waals surface area contributed by atoms with Crippen LogP contribution in [0, 0.1) is 0 Å². The number of nitrogens with zero attached hydrogens (tertiary/aromatic N) is 1. The highest BCUT2D eigenvalue weighted by Gasteiger charge is 2.11. The molecule has 1 heterocycles. The molecule has 2 nitrogen and oxygen atoms in total. The monoisotopic (exact) mass is 235 g/mol. The van der Waals surface area contributed by atoms with Crippen molar-refractivity contribution in [3.05, 3.63) is 78.1 Å². The summed E-state index contributed by atoms with van der Waals surface area (Å²) in [7, 11) is 0. The Morgan fingerprint density at radius 3 is 2.06 bits per heavy atom. The number of hydrogen-bond donors (Lipinski definition) is 0. The Hall–Kier alpha value is -2.35. The molecule has 0 spiro atoms. The van der Waals surface area contributed by atoms with Gasteiger partial charge in [-0.15, -0.1) is 0 Å². The van der Waals surface area contributed by atoms with E-state index in [1.807, 2.05) is 48.5 Å². The summed E-state index contributed by atoms with van der Waals surface area (Å²) < 4.78 is 5.51. The highest BCUT2D eigenvalue weighted by atomic mass is 16.5. The predicted molar refractivity (Wildman–Crippen MR) is 73.4 cm³/mol. The van der Waals surface area contributed by atoms with E-state index in [2.05, 4.69) is 17.1 Å². The molecule has 0 amide bonds. The van der Waals surface area contributed by atoms with Crippen molar-refractivity contribution in [1.29, 1.82) is 0 Å². The van der Waals surface area contributed by atoms with Crippen LogP contribution in [0.2, 0.25) is 0 Å². The van der Waals surface area contributed by atoms with Crippen molar-refractivity contribution in [2.45, 2.75) is 0 Å². The SMILES string of the molecule is C1=C(c2ccccc2)N=C(c2ccccc2)CO1. The van der Waals surface area contributed by atoms with E-state index in [1.165, 1.54) is 0 Å². The minimum absolute atomic E-state index is 0.528. The summed E-state index contributed by atoms with van der Waals surface area (Å²) in [6, 6.07) is 20.2. The minimum Gasteiger partial charge on any atom is -0.493 e. The van der Waals surface area contributed by atoms with Crippen LogP contribution in [0.3, 0.4) is 0 Å². The molecular weight excluding hydrogens is 222 g/mol. The van der Waals surface area contributed by atoms with Gasteiger partial charge in [-0.25, -0.2) is 4.99 Å². The van der Waals surface area contributed by atoms with Gasteiger partial charge in [-0.2, -0.15) is 0 Å². The zero-order valence-corrected chi connectivity index (χ0v) is 9.91. The van der Waals surface area contributed by atoms with E-state index >= 15 is 0 Å². The highest BCUT2D eigenvalue weighted by Crippen LogP contribution is 2.20. The number of benzene rings is 2. The van der Waals surface area contributed by atoms with Crippen LogP contribution < -0.4 is 0 Å². The third kappa shape index (κ3) is 2.18. The molecule has 1 aliphatic rings. The lowest BCUT2D eigenvalue weighted by Crippen LogP contribution is -2.12. The van der Waals surface area contributed by atoms with Crippen LogP contribution in [-0.2, 0) is 4.74 Å². The maximum absolute atomic E-state index is 5.51. The fourth-order valence-corrected chi connectivity index (χ4v) is 1.92. The van der Waals surface area contributed by atoms with Crippen molar-refractivity contribution in [3.63, 3.8) is 0 Å². The first-order chi connectivity index (χ1) is 8.93. The lowest BCUT2D eigenvalue weighted by Gasteiger charge is -2.14. The summed E-state index contributed by atoms with van der Waals surface area (Å²) in [5.74, 6) is 0. The molecular formula is C16H13NO. The molecule has 18 heavy (non-hydrogen) atoms. The Kier molecular flexibility index (Phi) is 2.92. The first kappa shape index (κ1) is 10.8. The molecule has 88 valence electrons. The molecule has 0 unspecified atom stereocenters. The maximum atomic E-state index is 5.51. The number of rotatable bonds is 2. The summed E-state index contributed by atoms with van der Waals surface area (Å²) in [6.45, 7) is 0.528. The van der Waals surface area contributed by atoms with Crippen LogP contribution in [0.15, 0.2) is 71.9 Å². The van der Waals surface area contributed by atoms with Crippen molar-refractivity contribution >= 4 is 11.4 Å². The second kappa shape index (κ2) is 4.88. The molecule has 2 aromatic rings. The number of aliphatic imine (C=N–C) groups is 1. The average Bonchev–Trinajstić information content (AvgIpc) is 2.49. The average molecular weight is 235 g/mol. The van der Waals surface area contributed by atoms with Crippen LogP contribution in [0.4, 0.5) is 0 Å². The molecule has 2 heteroatoms. The second-order valence-corrected chi connectivity index (χ2v) is 4.10. The summed E-state index contributed by atoms with van der Waals surface area (Å²) in [4.78, 5) is 4.68. The van der Waals surface area contributed by atoms with E-state index in [-0.39, 0.29) is 0 Å². The molecule has 0 saturated carbocycles. The second-order valence-electron chi connectivity index (χ2n) is 4.10. The molecule has 0 aromatic heterocycles. The molecule has 0 aliphatic carbocycles. The lowest BCUT2D eigenvalue weighted by atomic mass is 10.1. The van der Waals surface area contributed by atoms with E-state index in [4.69, 9.17) is 4.74 Å². The van der Waals surface area contributed by atoms with Crippen molar-refractivity contribution in [2.75, 3.05) is 6.61 Å². The van der Waals surface area contributed by atoms with Crippen LogP contribution in [0.5, 0.6) is 0 Å². The Bertz CT molecular complexity index is 585. The van der Waals surface area contributed by atoms with E-state index < -0.39 is 0 Å². The van der Waals surface area contributed by atoms with Gasteiger partial charge in [-0.05, 0) is 5.56 Å². The molecule has 0 N–H and O–H groups in total. The summed E-state index contributed by atoms with van der Waals surface area (Å²) in [6.07, 6.45) is 1.72. The van der Waals surface area contributed by atoms with Gasteiger partial charge in [0.15, 0.2) is 0 Å². The molecule has 0 saturated heterocycles. The first-order valence-electron chi connectivity index (χ1n) is 5.94. The zero-order chi connectivity index (χ0) is 12.2. The van der Waals surface area contributed by atoms with Gasteiger partial charge in [-0.3, -0.25) is 0 Å². The van der Waals surface area contributed by atoms with E-state index in [1.54, 1.807) is 6.26 Å². The zero-order valence-electron chi connectivity index (χ0n) is 9.91. The molecule has 0 radical (unpaired) electrons. The van der Waals surface area contributed by atoms with Gasteiger partial charge in [0.2, 0.25) is 0 Å². The van der Waals surface area contributed by atoms with E-state index in [0.717, 1.165) is 22.5 Å². The largest absolute Gasteiger partial charge is 0.493 e. The van der Waals surface area contributed by atoms with Gasteiger partial charge in [-0.1, -0.05) is 60.7 Å². The number of hydrogen-bond acceptors (Lipinski definition) is 2. The normalized spacial score (nSPS) is 14.4. The van der Waals surface area contributed by atoms with Gasteiger partial charge in [0, 0.05) is 5.56 Å². The predicted octanol–water partition coefficient (Wildman–Crippen LogP) is 3.50. The Morgan fingerprint density at radius 1 is 0.778 bits per heavy atom. The van der Waals surface area contributed by atoms with Crippen LogP contribution in [0.25, 0.3) is 5.70 Å². The van der Waals surface area contributed by atoms with Crippen molar-refractivity contribution in [2.24, 2.45) is 4.99 Å². The van der Waals surface area contributed by atoms with E-state index in [9.17, 15) is 0 Å². The van der Waals surface area contributed by atoms with Gasteiger partial charge in [0.25, 0.3) is 0 Å². The van der Waals surface area contributed by atoms with Crippen LogP contribution in [0.1, 0.15) is 11.1 Å². The standard InChI is InChI=1S/C16H13NO/c1-3-7-13(8-4-1)15-11-18-12-16(17-15)14-9-5-2-6-10-14/h1-11H,12H2. The first-order valence-corrected chi connectivity index (χ1v) is 5.94. The molecule has 1 aliphatic heterocycles. The topological polar surface area (TPSA) is 21.6 Å². The third-order valence-electron chi connectivity index (χ3n) is 2.85. The summed E-state index contributed by atoms with van der Waals surface area (Å²) >= 11 is 0. The van der Waals surface area contributed by atoms with Gasteiger partial charge < -0.3 is 4.74 Å². The van der Waals surface area contributed by atoms with Crippen LogP contribution >= 0.6 is 0 Å². The Morgan fingerprint density at radius 2 is 1.39 bits per heavy atom. The molecule has 0 atom stereocenters. The maximum Gasteiger partial charge on any atom is 0.130 e. The quantitative estimate of drug-likeness (QED) is 0.780. The molecule has 3 rings (SSSR count). The van der Waals surface area contributed by atoms with Crippen molar-refractivity contribution in [1.82, 2.24) is 0 Å². The Balaban J connectivity index is 1.95. The number of ether oxygens (including phenoxy) is 1. The minimum atomic E-state index is 0.528. The van der Waals surface area contributed by atoms with Gasteiger partial charge in [0.05, 0.1) is 5.71 Å². The summed E-state index contributed by atoms with van der Waals surface area (Å²) in [5.41, 5.74) is 4.03. The highest BCUT2D eigenvalue weighted by molar-refractivity contribution is 6.05. The molecule has 0 bridgehead atoms. The fourth-order valence-electron chi connectivity index (χ4n) is 1.92.